The Morgan fingerprint density at radius 1 is 0.571 bits per heavy atom. The predicted octanol–water partition coefficient (Wildman–Crippen LogP) is 4.06. The molecule has 1 heterocycles. The molecular formula is C18H26GeSi2. The first-order chi connectivity index (χ1) is 9.91. The zero-order valence-electron chi connectivity index (χ0n) is 14.1. The van der Waals surface area contributed by atoms with Gasteiger partial charge in [0, 0.05) is 17.6 Å². The van der Waals surface area contributed by atoms with E-state index in [1.165, 1.54) is 11.1 Å². The van der Waals surface area contributed by atoms with Crippen LogP contribution in [-0.4, -0.2) is 33.0 Å². The average Bonchev–Trinajstić information content (AvgIpc) is 2.76. The van der Waals surface area contributed by atoms with Gasteiger partial charge in [0.25, 0.3) is 0 Å². The molecule has 0 atom stereocenters. The summed E-state index contributed by atoms with van der Waals surface area (Å²) in [5.41, 5.74) is 2.94. The Hall–Kier alpha value is -0.583. The minimum absolute atomic E-state index is 0.0337. The first-order valence-electron chi connectivity index (χ1n) is 7.40. The van der Waals surface area contributed by atoms with Crippen LogP contribution in [-0.2, 0) is 0 Å². The van der Waals surface area contributed by atoms with E-state index >= 15 is 0 Å². The summed E-state index contributed by atoms with van der Waals surface area (Å²) in [5.74, 6) is 0. The maximum absolute atomic E-state index is 2.27. The van der Waals surface area contributed by atoms with Gasteiger partial charge in [0.15, 0.2) is 0 Å². The molecule has 0 unspecified atom stereocenters. The van der Waals surface area contributed by atoms with E-state index in [4.69, 9.17) is 0 Å². The fourth-order valence-corrected chi connectivity index (χ4v) is 4.64. The van der Waals surface area contributed by atoms with E-state index in [2.05, 4.69) is 87.8 Å². The van der Waals surface area contributed by atoms with Crippen molar-refractivity contribution in [2.75, 3.05) is 0 Å². The van der Waals surface area contributed by atoms with Crippen LogP contribution in [0.4, 0.5) is 0 Å². The molecule has 0 aromatic heterocycles. The van der Waals surface area contributed by atoms with Gasteiger partial charge in [-0.3, -0.25) is 0 Å². The normalized spacial score (nSPS) is 11.0. The third-order valence-corrected chi connectivity index (χ3v) is 5.37. The van der Waals surface area contributed by atoms with E-state index in [9.17, 15) is 0 Å². The second-order valence-corrected chi connectivity index (χ2v) is 15.0. The summed E-state index contributed by atoms with van der Waals surface area (Å²) < 4.78 is 3.17. The summed E-state index contributed by atoms with van der Waals surface area (Å²) in [6, 6.07) is 17.6. The van der Waals surface area contributed by atoms with Crippen LogP contribution in [0.15, 0.2) is 48.5 Å². The van der Waals surface area contributed by atoms with Crippen molar-refractivity contribution in [2.45, 2.75) is 39.3 Å². The van der Waals surface area contributed by atoms with Crippen LogP contribution >= 0.6 is 0 Å². The molecule has 3 heteroatoms. The average molecular weight is 371 g/mol. The van der Waals surface area contributed by atoms with Gasteiger partial charge in [-0.2, -0.15) is 0 Å². The summed E-state index contributed by atoms with van der Waals surface area (Å²) in [6.07, 6.45) is 0. The van der Waals surface area contributed by atoms with E-state index < -0.39 is 0 Å². The van der Waals surface area contributed by atoms with Crippen molar-refractivity contribution in [2.24, 2.45) is 0 Å². The molecular weight excluding hydrogens is 345 g/mol. The van der Waals surface area contributed by atoms with Crippen molar-refractivity contribution in [3.63, 3.8) is 0 Å². The standard InChI is InChI=1S/C12H8Ge.2C3H9Si/c1-3-7-11-9(5-1)10-6-2-4-8-12(10)13-11;2*1-4(2)3/h1-8H;2*1-3H3. The Bertz CT molecular complexity index is 495. The molecule has 4 radical (unpaired) electrons. The summed E-state index contributed by atoms with van der Waals surface area (Å²) in [5, 5.41) is 0. The van der Waals surface area contributed by atoms with Crippen LogP contribution in [0.2, 0.25) is 39.3 Å². The fourth-order valence-electron chi connectivity index (χ4n) is 1.80. The number of rotatable bonds is 0. The van der Waals surface area contributed by atoms with Crippen LogP contribution < -0.4 is 8.79 Å². The molecule has 1 aliphatic heterocycles. The molecule has 0 spiro atoms. The molecule has 2 aromatic rings. The number of hydrogen-bond donors (Lipinski definition) is 0. The van der Waals surface area contributed by atoms with Crippen molar-refractivity contribution in [3.8, 4) is 11.1 Å². The zero-order valence-corrected chi connectivity index (χ0v) is 18.2. The first-order valence-corrected chi connectivity index (χ1v) is 15.5. The van der Waals surface area contributed by atoms with Gasteiger partial charge in [-0.25, -0.2) is 0 Å². The van der Waals surface area contributed by atoms with E-state index in [0.717, 1.165) is 0 Å². The molecule has 3 rings (SSSR count). The van der Waals surface area contributed by atoms with Gasteiger partial charge in [-0.1, -0.05) is 39.3 Å². The van der Waals surface area contributed by atoms with Gasteiger partial charge >= 0.3 is 83.9 Å². The Morgan fingerprint density at radius 3 is 1.19 bits per heavy atom. The van der Waals surface area contributed by atoms with Gasteiger partial charge in [0.05, 0.1) is 0 Å². The van der Waals surface area contributed by atoms with Crippen LogP contribution in [0.3, 0.4) is 0 Å². The van der Waals surface area contributed by atoms with Gasteiger partial charge < -0.3 is 0 Å². The number of hydrogen-bond acceptors (Lipinski definition) is 0. The SMILES string of the molecule is C[Si](C)C.C[Si](C)C.c1ccc2[c](c1)[Ge][c]1ccccc1-2. The van der Waals surface area contributed by atoms with Crippen LogP contribution in [0.1, 0.15) is 0 Å². The molecule has 1 aliphatic rings. The Kier molecular flexibility index (Phi) is 8.30. The van der Waals surface area contributed by atoms with E-state index in [1.807, 2.05) is 0 Å². The van der Waals surface area contributed by atoms with E-state index in [-0.39, 0.29) is 33.0 Å². The molecule has 0 saturated heterocycles. The van der Waals surface area contributed by atoms with Crippen LogP contribution in [0, 0.1) is 0 Å². The van der Waals surface area contributed by atoms with Crippen LogP contribution in [0.25, 0.3) is 11.1 Å². The maximum atomic E-state index is 2.27. The van der Waals surface area contributed by atoms with Crippen molar-refractivity contribution in [1.29, 1.82) is 0 Å². The molecule has 0 nitrogen and oxygen atoms in total. The second-order valence-electron chi connectivity index (χ2n) is 6.22. The summed E-state index contributed by atoms with van der Waals surface area (Å²) in [7, 11) is 0.241. The van der Waals surface area contributed by atoms with E-state index in [1.54, 1.807) is 8.79 Å². The van der Waals surface area contributed by atoms with Crippen molar-refractivity contribution in [1.82, 2.24) is 0 Å². The Balaban J connectivity index is 0.000000234. The fraction of sp³-hybridized carbons (Fsp3) is 0.333. The zero-order chi connectivity index (χ0) is 15.8. The minimum atomic E-state index is -0.0337. The third-order valence-electron chi connectivity index (χ3n) is 2.41. The summed E-state index contributed by atoms with van der Waals surface area (Å²) in [4.78, 5) is 0. The summed E-state index contributed by atoms with van der Waals surface area (Å²) >= 11 is -0.0337. The monoisotopic (exact) mass is 372 g/mol. The predicted molar refractivity (Wildman–Crippen MR) is 104 cm³/mol. The molecule has 0 amide bonds. The van der Waals surface area contributed by atoms with Gasteiger partial charge in [0.2, 0.25) is 0 Å². The molecule has 21 heavy (non-hydrogen) atoms. The van der Waals surface area contributed by atoms with Crippen molar-refractivity contribution >= 4 is 41.8 Å². The van der Waals surface area contributed by atoms with Crippen molar-refractivity contribution < 1.29 is 0 Å². The van der Waals surface area contributed by atoms with Gasteiger partial charge in [-0.15, -0.1) is 0 Å². The van der Waals surface area contributed by atoms with Gasteiger partial charge in [0.1, 0.15) is 0 Å². The quantitative estimate of drug-likeness (QED) is 0.523. The number of fused-ring (bicyclic) bond motifs is 3. The number of benzene rings is 2. The Morgan fingerprint density at radius 2 is 0.857 bits per heavy atom. The molecule has 0 aliphatic carbocycles. The van der Waals surface area contributed by atoms with Gasteiger partial charge in [-0.05, 0) is 0 Å². The summed E-state index contributed by atoms with van der Waals surface area (Å²) in [6.45, 7) is 13.6. The third kappa shape index (κ3) is 6.81. The molecule has 0 bridgehead atoms. The molecule has 2 aromatic carbocycles. The van der Waals surface area contributed by atoms with Crippen molar-refractivity contribution in [3.05, 3.63) is 48.5 Å². The first kappa shape index (κ1) is 18.5. The van der Waals surface area contributed by atoms with E-state index in [0.29, 0.717) is 0 Å². The molecule has 0 fully saturated rings. The second kappa shape index (κ2) is 9.44. The topological polar surface area (TPSA) is 0 Å². The molecule has 110 valence electrons. The molecule has 0 saturated carbocycles. The van der Waals surface area contributed by atoms with Crippen LogP contribution in [0.5, 0.6) is 0 Å². The molecule has 0 N–H and O–H groups in total. The Labute approximate surface area is 140 Å².